The fourth-order valence-electron chi connectivity index (χ4n) is 3.08. The first-order valence-electron chi connectivity index (χ1n) is 9.33. The summed E-state index contributed by atoms with van der Waals surface area (Å²) in [4.78, 5) is 0.199. The van der Waals surface area contributed by atoms with Gasteiger partial charge in [-0.15, -0.1) is 0 Å². The van der Waals surface area contributed by atoms with Crippen LogP contribution in [0.3, 0.4) is 0 Å². The van der Waals surface area contributed by atoms with Gasteiger partial charge in [-0.2, -0.15) is 0 Å². The van der Waals surface area contributed by atoms with Gasteiger partial charge in [0.1, 0.15) is 17.2 Å². The van der Waals surface area contributed by atoms with Crippen LogP contribution in [0.25, 0.3) is 0 Å². The van der Waals surface area contributed by atoms with Crippen LogP contribution in [0, 0.1) is 6.92 Å². The normalized spacial score (nSPS) is 11.1. The lowest BCUT2D eigenvalue weighted by molar-refractivity contribution is 0.394. The summed E-state index contributed by atoms with van der Waals surface area (Å²) in [7, 11) is 0.735. The summed E-state index contributed by atoms with van der Waals surface area (Å²) in [6, 6.07) is 19.1. The Morgan fingerprint density at radius 2 is 1.40 bits per heavy atom. The molecular weight excluding hydrogens is 402 g/mol. The van der Waals surface area contributed by atoms with Crippen molar-refractivity contribution >= 4 is 15.7 Å². The van der Waals surface area contributed by atoms with Crippen molar-refractivity contribution in [3.05, 3.63) is 77.9 Å². The molecule has 0 fully saturated rings. The number of hydrogen-bond donors (Lipinski definition) is 0. The van der Waals surface area contributed by atoms with Gasteiger partial charge >= 0.3 is 0 Å². The number of ether oxygens (including phenoxy) is 3. The van der Waals surface area contributed by atoms with Crippen LogP contribution in [0.15, 0.2) is 71.6 Å². The molecule has 0 spiro atoms. The molecule has 0 aromatic heterocycles. The molecule has 0 N–H and O–H groups in total. The second kappa shape index (κ2) is 9.09. The maximum Gasteiger partial charge on any atom is 0.264 e. The Bertz CT molecular complexity index is 1090. The Balaban J connectivity index is 2.17. The first-order valence-corrected chi connectivity index (χ1v) is 10.8. The number of benzene rings is 3. The lowest BCUT2D eigenvalue weighted by Gasteiger charge is -2.26. The van der Waals surface area contributed by atoms with Crippen LogP contribution in [0.1, 0.15) is 11.1 Å². The van der Waals surface area contributed by atoms with E-state index in [1.165, 1.54) is 18.5 Å². The van der Waals surface area contributed by atoms with E-state index in [9.17, 15) is 8.42 Å². The van der Waals surface area contributed by atoms with Crippen LogP contribution < -0.4 is 18.5 Å². The summed E-state index contributed by atoms with van der Waals surface area (Å²) in [5, 5.41) is 0. The van der Waals surface area contributed by atoms with Gasteiger partial charge in [-0.1, -0.05) is 35.9 Å². The van der Waals surface area contributed by atoms with Gasteiger partial charge in [-0.3, -0.25) is 4.31 Å². The summed E-state index contributed by atoms with van der Waals surface area (Å²) in [5.74, 6) is 1.60. The molecule has 0 heterocycles. The predicted molar refractivity (Wildman–Crippen MR) is 117 cm³/mol. The molecule has 0 aliphatic carbocycles. The van der Waals surface area contributed by atoms with E-state index >= 15 is 0 Å². The molecule has 3 aromatic rings. The quantitative estimate of drug-likeness (QED) is 0.533. The molecule has 3 rings (SSSR count). The standard InChI is InChI=1S/C23H25NO5S/c1-17-9-11-22(12-10-17)30(25,26)24(16-18-7-5-6-8-23(18)29-4)19-13-20(27-2)15-21(14-19)28-3/h5-15H,16H2,1-4H3. The highest BCUT2D eigenvalue weighted by atomic mass is 32.2. The fraction of sp³-hybridized carbons (Fsp3) is 0.217. The van der Waals surface area contributed by atoms with Gasteiger partial charge < -0.3 is 14.2 Å². The van der Waals surface area contributed by atoms with Crippen molar-refractivity contribution in [1.29, 1.82) is 0 Å². The van der Waals surface area contributed by atoms with E-state index in [-0.39, 0.29) is 11.4 Å². The number of anilines is 1. The summed E-state index contributed by atoms with van der Waals surface area (Å²) in [5.41, 5.74) is 2.14. The Hall–Kier alpha value is -3.19. The van der Waals surface area contributed by atoms with Crippen molar-refractivity contribution in [2.45, 2.75) is 18.4 Å². The number of para-hydroxylation sites is 1. The molecular formula is C23H25NO5S. The third-order valence-electron chi connectivity index (χ3n) is 4.74. The third kappa shape index (κ3) is 4.52. The van der Waals surface area contributed by atoms with Gasteiger partial charge in [-0.25, -0.2) is 8.42 Å². The van der Waals surface area contributed by atoms with E-state index in [2.05, 4.69) is 0 Å². The first-order chi connectivity index (χ1) is 14.4. The van der Waals surface area contributed by atoms with Crippen LogP contribution in [0.4, 0.5) is 5.69 Å². The monoisotopic (exact) mass is 427 g/mol. The average Bonchev–Trinajstić information content (AvgIpc) is 2.77. The summed E-state index contributed by atoms with van der Waals surface area (Å²) < 4.78 is 44.8. The van der Waals surface area contributed by atoms with Gasteiger partial charge in [0.15, 0.2) is 0 Å². The van der Waals surface area contributed by atoms with E-state index in [1.54, 1.807) is 55.6 Å². The fourth-order valence-corrected chi connectivity index (χ4v) is 4.50. The highest BCUT2D eigenvalue weighted by molar-refractivity contribution is 7.92. The minimum absolute atomic E-state index is 0.0799. The van der Waals surface area contributed by atoms with E-state index in [0.717, 1.165) is 11.1 Å². The molecule has 0 radical (unpaired) electrons. The van der Waals surface area contributed by atoms with Gasteiger partial charge in [0.2, 0.25) is 0 Å². The SMILES string of the molecule is COc1cc(OC)cc(N(Cc2ccccc2OC)S(=O)(=O)c2ccc(C)cc2)c1. The number of hydrogen-bond acceptors (Lipinski definition) is 5. The van der Waals surface area contributed by atoms with Crippen molar-refractivity contribution in [2.75, 3.05) is 25.6 Å². The Labute approximate surface area is 177 Å². The van der Waals surface area contributed by atoms with Crippen molar-refractivity contribution in [3.63, 3.8) is 0 Å². The second-order valence-corrected chi connectivity index (χ2v) is 8.57. The molecule has 0 aliphatic heterocycles. The average molecular weight is 428 g/mol. The lowest BCUT2D eigenvalue weighted by atomic mass is 10.2. The van der Waals surface area contributed by atoms with E-state index < -0.39 is 10.0 Å². The van der Waals surface area contributed by atoms with Crippen molar-refractivity contribution < 1.29 is 22.6 Å². The van der Waals surface area contributed by atoms with Gasteiger partial charge in [0.25, 0.3) is 10.0 Å². The maximum atomic E-state index is 13.7. The van der Waals surface area contributed by atoms with Crippen LogP contribution >= 0.6 is 0 Å². The number of nitrogens with zero attached hydrogens (tertiary/aromatic N) is 1. The number of methoxy groups -OCH3 is 3. The van der Waals surface area contributed by atoms with Crippen molar-refractivity contribution in [2.24, 2.45) is 0 Å². The molecule has 3 aromatic carbocycles. The first kappa shape index (κ1) is 21.5. The molecule has 0 bridgehead atoms. The zero-order valence-corrected chi connectivity index (χ0v) is 18.3. The van der Waals surface area contributed by atoms with Gasteiger partial charge in [-0.05, 0) is 25.1 Å². The number of sulfonamides is 1. The molecule has 6 nitrogen and oxygen atoms in total. The molecule has 30 heavy (non-hydrogen) atoms. The third-order valence-corrected chi connectivity index (χ3v) is 6.53. The largest absolute Gasteiger partial charge is 0.497 e. The minimum Gasteiger partial charge on any atom is -0.497 e. The van der Waals surface area contributed by atoms with E-state index in [4.69, 9.17) is 14.2 Å². The summed E-state index contributed by atoms with van der Waals surface area (Å²) >= 11 is 0. The van der Waals surface area contributed by atoms with Crippen molar-refractivity contribution in [3.8, 4) is 17.2 Å². The molecule has 0 aliphatic rings. The molecule has 0 unspecified atom stereocenters. The molecule has 0 amide bonds. The lowest BCUT2D eigenvalue weighted by Crippen LogP contribution is -2.30. The molecule has 0 saturated carbocycles. The highest BCUT2D eigenvalue weighted by Crippen LogP contribution is 2.34. The zero-order chi connectivity index (χ0) is 21.7. The van der Waals surface area contributed by atoms with Crippen LogP contribution in [0.5, 0.6) is 17.2 Å². The van der Waals surface area contributed by atoms with Crippen LogP contribution in [-0.4, -0.2) is 29.7 Å². The Morgan fingerprint density at radius 3 is 1.97 bits per heavy atom. The minimum atomic E-state index is -3.88. The van der Waals surface area contributed by atoms with Crippen molar-refractivity contribution in [1.82, 2.24) is 0 Å². The summed E-state index contributed by atoms with van der Waals surface area (Å²) in [6.07, 6.45) is 0. The molecule has 7 heteroatoms. The maximum absolute atomic E-state index is 13.7. The van der Waals surface area contributed by atoms with E-state index in [0.29, 0.717) is 22.9 Å². The predicted octanol–water partition coefficient (Wildman–Crippen LogP) is 4.42. The summed E-state index contributed by atoms with van der Waals surface area (Å²) in [6.45, 7) is 1.99. The zero-order valence-electron chi connectivity index (χ0n) is 17.5. The van der Waals surface area contributed by atoms with Crippen LogP contribution in [0.2, 0.25) is 0 Å². The Morgan fingerprint density at radius 1 is 0.800 bits per heavy atom. The smallest absolute Gasteiger partial charge is 0.264 e. The topological polar surface area (TPSA) is 65.1 Å². The molecule has 158 valence electrons. The molecule has 0 saturated heterocycles. The van der Waals surface area contributed by atoms with Gasteiger partial charge in [0, 0.05) is 23.8 Å². The number of rotatable bonds is 8. The van der Waals surface area contributed by atoms with Crippen LogP contribution in [-0.2, 0) is 16.6 Å². The highest BCUT2D eigenvalue weighted by Gasteiger charge is 2.27. The van der Waals surface area contributed by atoms with E-state index in [1.807, 2.05) is 25.1 Å². The Kier molecular flexibility index (Phi) is 6.52. The van der Waals surface area contributed by atoms with Gasteiger partial charge in [0.05, 0.1) is 38.5 Å². The second-order valence-electron chi connectivity index (χ2n) is 6.71. The number of aryl methyl sites for hydroxylation is 1. The molecule has 0 atom stereocenters.